The topological polar surface area (TPSA) is 89.7 Å². The molecular formula is C22H24N2O5. The van der Waals surface area contributed by atoms with Gasteiger partial charge in [0.1, 0.15) is 0 Å². The van der Waals surface area contributed by atoms with E-state index in [4.69, 9.17) is 14.2 Å². The van der Waals surface area contributed by atoms with Crippen molar-refractivity contribution in [3.8, 4) is 11.5 Å². The molecule has 0 aliphatic rings. The number of methoxy groups -OCH3 is 3. The SMILES string of the molecule is COC(=O)C[C@@H](NC(=O)Cc1c[nH]c2ccccc12)c1ccc(OC)c(OC)c1. The van der Waals surface area contributed by atoms with Crippen LogP contribution in [0.3, 0.4) is 0 Å². The minimum atomic E-state index is -0.556. The van der Waals surface area contributed by atoms with Crippen LogP contribution in [0.5, 0.6) is 11.5 Å². The molecule has 0 aliphatic heterocycles. The summed E-state index contributed by atoms with van der Waals surface area (Å²) in [5.41, 5.74) is 2.59. The van der Waals surface area contributed by atoms with Crippen molar-refractivity contribution in [1.29, 1.82) is 0 Å². The van der Waals surface area contributed by atoms with Gasteiger partial charge < -0.3 is 24.5 Å². The number of H-pyrrole nitrogens is 1. The van der Waals surface area contributed by atoms with E-state index in [0.717, 1.165) is 22.0 Å². The Labute approximate surface area is 169 Å². The van der Waals surface area contributed by atoms with Crippen LogP contribution in [0.2, 0.25) is 0 Å². The highest BCUT2D eigenvalue weighted by molar-refractivity contribution is 5.89. The minimum Gasteiger partial charge on any atom is -0.493 e. The Bertz CT molecular complexity index is 1010. The maximum absolute atomic E-state index is 12.8. The number of para-hydroxylation sites is 1. The molecule has 3 aromatic rings. The standard InChI is InChI=1S/C22H24N2O5/c1-27-19-9-8-14(10-20(19)28-2)18(12-22(26)29-3)24-21(25)11-15-13-23-17-7-5-4-6-16(15)17/h4-10,13,18,23H,11-12H2,1-3H3,(H,24,25)/t18-/m1/s1. The summed E-state index contributed by atoms with van der Waals surface area (Å²) < 4.78 is 15.4. The van der Waals surface area contributed by atoms with Crippen LogP contribution >= 0.6 is 0 Å². The van der Waals surface area contributed by atoms with E-state index in [-0.39, 0.29) is 18.7 Å². The van der Waals surface area contributed by atoms with E-state index < -0.39 is 12.0 Å². The van der Waals surface area contributed by atoms with Crippen LogP contribution in [-0.2, 0) is 20.7 Å². The summed E-state index contributed by atoms with van der Waals surface area (Å²) in [7, 11) is 4.40. The van der Waals surface area contributed by atoms with Crippen molar-refractivity contribution in [2.45, 2.75) is 18.9 Å². The highest BCUT2D eigenvalue weighted by atomic mass is 16.5. The van der Waals surface area contributed by atoms with Gasteiger partial charge in [0, 0.05) is 17.1 Å². The number of fused-ring (bicyclic) bond motifs is 1. The zero-order valence-corrected chi connectivity index (χ0v) is 16.7. The number of nitrogens with one attached hydrogen (secondary N) is 2. The number of aromatic nitrogens is 1. The molecule has 0 radical (unpaired) electrons. The van der Waals surface area contributed by atoms with Gasteiger partial charge in [-0.3, -0.25) is 9.59 Å². The fraction of sp³-hybridized carbons (Fsp3) is 0.273. The first-order chi connectivity index (χ1) is 14.0. The van der Waals surface area contributed by atoms with E-state index in [1.54, 1.807) is 25.3 Å². The molecule has 1 atom stereocenters. The molecular weight excluding hydrogens is 372 g/mol. The summed E-state index contributed by atoms with van der Waals surface area (Å²) in [4.78, 5) is 27.8. The zero-order valence-electron chi connectivity index (χ0n) is 16.7. The molecule has 1 amide bonds. The second-order valence-corrected chi connectivity index (χ2v) is 6.55. The van der Waals surface area contributed by atoms with Crippen LogP contribution < -0.4 is 14.8 Å². The van der Waals surface area contributed by atoms with Crippen LogP contribution in [0.4, 0.5) is 0 Å². The van der Waals surface area contributed by atoms with Gasteiger partial charge in [0.15, 0.2) is 11.5 Å². The molecule has 29 heavy (non-hydrogen) atoms. The predicted octanol–water partition coefficient (Wildman–Crippen LogP) is 3.15. The fourth-order valence-corrected chi connectivity index (χ4v) is 3.27. The first kappa shape index (κ1) is 20.3. The summed E-state index contributed by atoms with van der Waals surface area (Å²) in [5, 5.41) is 3.94. The zero-order chi connectivity index (χ0) is 20.8. The Morgan fingerprint density at radius 1 is 1.03 bits per heavy atom. The third-order valence-electron chi connectivity index (χ3n) is 4.77. The van der Waals surface area contributed by atoms with E-state index in [1.807, 2.05) is 30.5 Å². The third-order valence-corrected chi connectivity index (χ3v) is 4.77. The van der Waals surface area contributed by atoms with Gasteiger partial charge in [-0.25, -0.2) is 0 Å². The molecule has 0 unspecified atom stereocenters. The number of ether oxygens (including phenoxy) is 3. The summed E-state index contributed by atoms with van der Waals surface area (Å²) in [5.74, 6) is 0.472. The number of aromatic amines is 1. The Morgan fingerprint density at radius 2 is 1.79 bits per heavy atom. The Hall–Kier alpha value is -3.48. The summed E-state index contributed by atoms with van der Waals surface area (Å²) in [6.07, 6.45) is 2.02. The molecule has 7 nitrogen and oxygen atoms in total. The van der Waals surface area contributed by atoms with E-state index in [2.05, 4.69) is 10.3 Å². The predicted molar refractivity (Wildman–Crippen MR) is 109 cm³/mol. The van der Waals surface area contributed by atoms with Gasteiger partial charge in [0.25, 0.3) is 0 Å². The van der Waals surface area contributed by atoms with Crippen LogP contribution in [0.25, 0.3) is 10.9 Å². The van der Waals surface area contributed by atoms with E-state index in [0.29, 0.717) is 11.5 Å². The first-order valence-corrected chi connectivity index (χ1v) is 9.18. The maximum atomic E-state index is 12.8. The van der Waals surface area contributed by atoms with Crippen molar-refractivity contribution in [2.24, 2.45) is 0 Å². The first-order valence-electron chi connectivity index (χ1n) is 9.18. The minimum absolute atomic E-state index is 0.00556. The number of esters is 1. The average molecular weight is 396 g/mol. The quantitative estimate of drug-likeness (QED) is 0.571. The third kappa shape index (κ3) is 4.68. The lowest BCUT2D eigenvalue weighted by Crippen LogP contribution is -2.31. The molecule has 7 heteroatoms. The van der Waals surface area contributed by atoms with Crippen molar-refractivity contribution < 1.29 is 23.8 Å². The Balaban J connectivity index is 1.81. The number of hydrogen-bond donors (Lipinski definition) is 2. The van der Waals surface area contributed by atoms with Gasteiger partial charge in [-0.05, 0) is 29.3 Å². The van der Waals surface area contributed by atoms with Crippen LogP contribution in [0, 0.1) is 0 Å². The fourth-order valence-electron chi connectivity index (χ4n) is 3.27. The van der Waals surface area contributed by atoms with Gasteiger partial charge in [0.2, 0.25) is 5.91 Å². The number of carbonyl (C=O) groups is 2. The molecule has 2 N–H and O–H groups in total. The lowest BCUT2D eigenvalue weighted by Gasteiger charge is -2.19. The molecule has 1 aromatic heterocycles. The number of carbonyl (C=O) groups excluding carboxylic acids is 2. The number of benzene rings is 2. The monoisotopic (exact) mass is 396 g/mol. The molecule has 1 heterocycles. The van der Waals surface area contributed by atoms with Crippen molar-refractivity contribution >= 4 is 22.8 Å². The van der Waals surface area contributed by atoms with Gasteiger partial charge in [-0.15, -0.1) is 0 Å². The van der Waals surface area contributed by atoms with Gasteiger partial charge >= 0.3 is 5.97 Å². The summed E-state index contributed by atoms with van der Waals surface area (Å²) in [6.45, 7) is 0. The molecule has 2 aromatic carbocycles. The summed E-state index contributed by atoms with van der Waals surface area (Å²) >= 11 is 0. The van der Waals surface area contributed by atoms with E-state index >= 15 is 0 Å². The molecule has 0 saturated heterocycles. The van der Waals surface area contributed by atoms with Gasteiger partial charge in [-0.2, -0.15) is 0 Å². The Morgan fingerprint density at radius 3 is 2.52 bits per heavy atom. The highest BCUT2D eigenvalue weighted by Crippen LogP contribution is 2.31. The largest absolute Gasteiger partial charge is 0.493 e. The molecule has 0 aliphatic carbocycles. The normalized spacial score (nSPS) is 11.7. The van der Waals surface area contributed by atoms with Crippen LogP contribution in [0.1, 0.15) is 23.6 Å². The maximum Gasteiger partial charge on any atom is 0.307 e. The van der Waals surface area contributed by atoms with Crippen LogP contribution in [-0.4, -0.2) is 38.2 Å². The van der Waals surface area contributed by atoms with E-state index in [1.165, 1.54) is 14.2 Å². The molecule has 0 spiro atoms. The van der Waals surface area contributed by atoms with Crippen LogP contribution in [0.15, 0.2) is 48.7 Å². The molecule has 0 saturated carbocycles. The number of rotatable bonds is 8. The van der Waals surface area contributed by atoms with Crippen molar-refractivity contribution in [3.05, 3.63) is 59.8 Å². The number of amides is 1. The van der Waals surface area contributed by atoms with E-state index in [9.17, 15) is 9.59 Å². The Kier molecular flexibility index (Phi) is 6.39. The second-order valence-electron chi connectivity index (χ2n) is 6.55. The van der Waals surface area contributed by atoms with Gasteiger partial charge in [-0.1, -0.05) is 24.3 Å². The van der Waals surface area contributed by atoms with Crippen molar-refractivity contribution in [3.63, 3.8) is 0 Å². The summed E-state index contributed by atoms with van der Waals surface area (Å²) in [6, 6.07) is 12.5. The molecule has 152 valence electrons. The lowest BCUT2D eigenvalue weighted by molar-refractivity contribution is -0.141. The van der Waals surface area contributed by atoms with Gasteiger partial charge in [0.05, 0.1) is 40.2 Å². The number of hydrogen-bond acceptors (Lipinski definition) is 5. The second kappa shape index (κ2) is 9.14. The van der Waals surface area contributed by atoms with Crippen molar-refractivity contribution in [1.82, 2.24) is 10.3 Å². The highest BCUT2D eigenvalue weighted by Gasteiger charge is 2.21. The molecule has 0 fully saturated rings. The molecule has 3 rings (SSSR count). The lowest BCUT2D eigenvalue weighted by atomic mass is 10.0. The molecule has 0 bridgehead atoms. The van der Waals surface area contributed by atoms with Crippen molar-refractivity contribution in [2.75, 3.05) is 21.3 Å². The average Bonchev–Trinajstić information content (AvgIpc) is 3.15. The smallest absolute Gasteiger partial charge is 0.307 e.